The molecule has 1 heterocycles. The van der Waals surface area contributed by atoms with Gasteiger partial charge in [0.15, 0.2) is 4.90 Å². The summed E-state index contributed by atoms with van der Waals surface area (Å²) in [5, 5.41) is 3.57. The van der Waals surface area contributed by atoms with E-state index in [2.05, 4.69) is 15.0 Å². The molecule has 0 bridgehead atoms. The first kappa shape index (κ1) is 17.4. The number of hydrogen-bond donors (Lipinski definition) is 4. The van der Waals surface area contributed by atoms with E-state index in [0.717, 1.165) is 31.9 Å². The Hall–Kier alpha value is -1.45. The molecule has 2 aliphatic rings. The van der Waals surface area contributed by atoms with Crippen molar-refractivity contribution in [1.29, 1.82) is 0 Å². The summed E-state index contributed by atoms with van der Waals surface area (Å²) in [5.41, 5.74) is -1.63. The predicted octanol–water partition coefficient (Wildman–Crippen LogP) is 0.185. The zero-order chi connectivity index (χ0) is 17.2. The maximum absolute atomic E-state index is 12.4. The SMILES string of the molecule is O=c1[nH]cc(S(=O)(=O)N[C@H]2CC[C@H]2NC2CCCCCC2)c(=O)[nH]1. The molecule has 0 amide bonds. The van der Waals surface area contributed by atoms with Crippen molar-refractivity contribution in [2.24, 2.45) is 0 Å². The molecule has 0 unspecified atom stereocenters. The number of rotatable bonds is 5. The van der Waals surface area contributed by atoms with E-state index in [-0.39, 0.29) is 12.1 Å². The van der Waals surface area contributed by atoms with Gasteiger partial charge in [-0.3, -0.25) is 9.78 Å². The van der Waals surface area contributed by atoms with Gasteiger partial charge in [0.2, 0.25) is 10.0 Å². The smallest absolute Gasteiger partial charge is 0.313 e. The van der Waals surface area contributed by atoms with E-state index in [1.165, 1.54) is 25.7 Å². The van der Waals surface area contributed by atoms with E-state index in [0.29, 0.717) is 6.04 Å². The molecular weight excluding hydrogens is 332 g/mol. The zero-order valence-electron chi connectivity index (χ0n) is 13.5. The van der Waals surface area contributed by atoms with Gasteiger partial charge in [-0.05, 0) is 25.7 Å². The molecule has 9 heteroatoms. The molecule has 0 saturated heterocycles. The number of hydrogen-bond acceptors (Lipinski definition) is 5. The zero-order valence-corrected chi connectivity index (χ0v) is 14.3. The Kier molecular flexibility index (Phi) is 5.21. The number of aromatic amines is 2. The van der Waals surface area contributed by atoms with Gasteiger partial charge in [-0.25, -0.2) is 17.9 Å². The largest absolute Gasteiger partial charge is 0.325 e. The van der Waals surface area contributed by atoms with Gasteiger partial charge in [-0.15, -0.1) is 0 Å². The summed E-state index contributed by atoms with van der Waals surface area (Å²) in [5.74, 6) is 0. The molecule has 3 rings (SSSR count). The maximum Gasteiger partial charge on any atom is 0.325 e. The van der Waals surface area contributed by atoms with Gasteiger partial charge in [0.25, 0.3) is 5.56 Å². The molecule has 1 aromatic heterocycles. The highest BCUT2D eigenvalue weighted by Crippen LogP contribution is 2.25. The van der Waals surface area contributed by atoms with Gasteiger partial charge in [0.1, 0.15) is 0 Å². The maximum atomic E-state index is 12.4. The molecule has 0 aliphatic heterocycles. The van der Waals surface area contributed by atoms with Crippen molar-refractivity contribution in [3.8, 4) is 0 Å². The molecule has 2 saturated carbocycles. The summed E-state index contributed by atoms with van der Waals surface area (Å²) < 4.78 is 27.4. The molecule has 0 spiro atoms. The van der Waals surface area contributed by atoms with Crippen molar-refractivity contribution in [2.45, 2.75) is 74.4 Å². The third-order valence-electron chi connectivity index (χ3n) is 4.96. The van der Waals surface area contributed by atoms with Gasteiger partial charge in [0, 0.05) is 24.3 Å². The fourth-order valence-corrected chi connectivity index (χ4v) is 4.77. The second-order valence-corrected chi connectivity index (χ2v) is 8.39. The lowest BCUT2D eigenvalue weighted by Gasteiger charge is -2.39. The van der Waals surface area contributed by atoms with Crippen LogP contribution < -0.4 is 21.3 Å². The van der Waals surface area contributed by atoms with Crippen LogP contribution in [0.25, 0.3) is 0 Å². The first-order chi connectivity index (χ1) is 11.5. The van der Waals surface area contributed by atoms with Crippen molar-refractivity contribution in [1.82, 2.24) is 20.0 Å². The molecule has 8 nitrogen and oxygen atoms in total. The summed E-state index contributed by atoms with van der Waals surface area (Å²) in [6.07, 6.45) is 9.85. The number of sulfonamides is 1. The van der Waals surface area contributed by atoms with Gasteiger partial charge in [0.05, 0.1) is 0 Å². The lowest BCUT2D eigenvalue weighted by molar-refractivity contribution is 0.235. The summed E-state index contributed by atoms with van der Waals surface area (Å²) in [6.45, 7) is 0. The first-order valence-corrected chi connectivity index (χ1v) is 10.0. The average Bonchev–Trinajstić information content (AvgIpc) is 2.78. The number of nitrogens with one attached hydrogen (secondary N) is 4. The van der Waals surface area contributed by atoms with Crippen LogP contribution in [0.5, 0.6) is 0 Å². The Morgan fingerprint density at radius 1 is 0.958 bits per heavy atom. The minimum absolute atomic E-state index is 0.102. The third-order valence-corrected chi connectivity index (χ3v) is 6.46. The third kappa shape index (κ3) is 3.96. The van der Waals surface area contributed by atoms with Crippen LogP contribution in [0.1, 0.15) is 51.4 Å². The van der Waals surface area contributed by atoms with Crippen LogP contribution in [0, 0.1) is 0 Å². The standard InChI is InChI=1S/C15H24N4O4S/c20-14-13(9-16-15(21)18-14)24(22,23)19-12-8-7-11(12)17-10-5-3-1-2-4-6-10/h9-12,17,19H,1-8H2,(H2,16,18,20,21)/t11-,12+/m1/s1. The van der Waals surface area contributed by atoms with Gasteiger partial charge >= 0.3 is 5.69 Å². The van der Waals surface area contributed by atoms with Crippen molar-refractivity contribution in [2.75, 3.05) is 0 Å². The fraction of sp³-hybridized carbons (Fsp3) is 0.733. The second-order valence-electron chi connectivity index (χ2n) is 6.70. The molecule has 1 aromatic rings. The highest BCUT2D eigenvalue weighted by atomic mass is 32.2. The average molecular weight is 356 g/mol. The van der Waals surface area contributed by atoms with Gasteiger partial charge in [-0.2, -0.15) is 0 Å². The number of H-pyrrole nitrogens is 2. The summed E-state index contributed by atoms with van der Waals surface area (Å²) in [6, 6.07) is 0.329. The van der Waals surface area contributed by atoms with Crippen LogP contribution in [0.4, 0.5) is 0 Å². The Bertz CT molecular complexity index is 777. The lowest BCUT2D eigenvalue weighted by atomic mass is 9.86. The molecule has 2 atom stereocenters. The lowest BCUT2D eigenvalue weighted by Crippen LogP contribution is -2.59. The molecule has 0 aromatic carbocycles. The normalized spacial score (nSPS) is 25.8. The van der Waals surface area contributed by atoms with Crippen LogP contribution in [-0.4, -0.2) is 36.5 Å². The summed E-state index contributed by atoms with van der Waals surface area (Å²) >= 11 is 0. The molecule has 4 N–H and O–H groups in total. The van der Waals surface area contributed by atoms with Crippen LogP contribution in [-0.2, 0) is 10.0 Å². The molecule has 2 aliphatic carbocycles. The van der Waals surface area contributed by atoms with E-state index >= 15 is 0 Å². The predicted molar refractivity (Wildman–Crippen MR) is 89.4 cm³/mol. The van der Waals surface area contributed by atoms with E-state index in [9.17, 15) is 18.0 Å². The first-order valence-electron chi connectivity index (χ1n) is 8.56. The summed E-state index contributed by atoms with van der Waals surface area (Å²) in [4.78, 5) is 26.4. The van der Waals surface area contributed by atoms with E-state index in [1.807, 2.05) is 4.98 Å². The van der Waals surface area contributed by atoms with Crippen LogP contribution in [0.15, 0.2) is 20.7 Å². The second kappa shape index (κ2) is 7.20. The van der Waals surface area contributed by atoms with E-state index < -0.39 is 26.2 Å². The topological polar surface area (TPSA) is 124 Å². The van der Waals surface area contributed by atoms with Crippen molar-refractivity contribution in [3.05, 3.63) is 27.0 Å². The Labute approximate surface area is 140 Å². The molecule has 24 heavy (non-hydrogen) atoms. The van der Waals surface area contributed by atoms with Crippen LogP contribution in [0.3, 0.4) is 0 Å². The molecule has 134 valence electrons. The molecule has 2 fully saturated rings. The Morgan fingerprint density at radius 3 is 2.21 bits per heavy atom. The van der Waals surface area contributed by atoms with Crippen molar-refractivity contribution in [3.63, 3.8) is 0 Å². The minimum atomic E-state index is -3.95. The highest BCUT2D eigenvalue weighted by molar-refractivity contribution is 7.89. The van der Waals surface area contributed by atoms with Gasteiger partial charge < -0.3 is 10.3 Å². The molecule has 0 radical (unpaired) electrons. The van der Waals surface area contributed by atoms with E-state index in [1.54, 1.807) is 0 Å². The van der Waals surface area contributed by atoms with E-state index in [4.69, 9.17) is 0 Å². The van der Waals surface area contributed by atoms with Gasteiger partial charge in [-0.1, -0.05) is 25.7 Å². The summed E-state index contributed by atoms with van der Waals surface area (Å²) in [7, 11) is -3.95. The Morgan fingerprint density at radius 2 is 1.62 bits per heavy atom. The number of aromatic nitrogens is 2. The monoisotopic (exact) mass is 356 g/mol. The van der Waals surface area contributed by atoms with Crippen molar-refractivity contribution >= 4 is 10.0 Å². The molecular formula is C15H24N4O4S. The van der Waals surface area contributed by atoms with Crippen LogP contribution in [0.2, 0.25) is 0 Å². The minimum Gasteiger partial charge on any atom is -0.313 e. The quantitative estimate of drug-likeness (QED) is 0.561. The fourth-order valence-electron chi connectivity index (χ4n) is 3.45. The highest BCUT2D eigenvalue weighted by Gasteiger charge is 2.36. The van der Waals surface area contributed by atoms with Crippen molar-refractivity contribution < 1.29 is 8.42 Å². The van der Waals surface area contributed by atoms with Crippen LogP contribution >= 0.6 is 0 Å². The Balaban J connectivity index is 1.64.